The number of sulfonamides is 1. The van der Waals surface area contributed by atoms with E-state index in [9.17, 15) is 18.5 Å². The van der Waals surface area contributed by atoms with Crippen molar-refractivity contribution in [2.24, 2.45) is 0 Å². The van der Waals surface area contributed by atoms with E-state index < -0.39 is 25.5 Å². The predicted molar refractivity (Wildman–Crippen MR) is 111 cm³/mol. The van der Waals surface area contributed by atoms with Crippen molar-refractivity contribution in [2.45, 2.75) is 11.5 Å². The molecule has 30 heavy (non-hydrogen) atoms. The Bertz CT molecular complexity index is 1170. The summed E-state index contributed by atoms with van der Waals surface area (Å²) in [5.74, 6) is -0.150. The van der Waals surface area contributed by atoms with E-state index >= 15 is 0 Å². The fourth-order valence-electron chi connectivity index (χ4n) is 2.42. The zero-order valence-electron chi connectivity index (χ0n) is 15.5. The minimum Gasteiger partial charge on any atom is -0.497 e. The van der Waals surface area contributed by atoms with Gasteiger partial charge in [-0.15, -0.1) is 0 Å². The van der Waals surface area contributed by atoms with Gasteiger partial charge in [0, 0.05) is 0 Å². The van der Waals surface area contributed by atoms with Gasteiger partial charge in [0.1, 0.15) is 17.0 Å². The monoisotopic (exact) mass is 494 g/mol. The molecule has 156 valence electrons. The molecule has 0 saturated heterocycles. The molecular formula is C18H15BrN4O6S. The highest BCUT2D eigenvalue weighted by molar-refractivity contribution is 9.10. The van der Waals surface area contributed by atoms with Crippen LogP contribution in [0.2, 0.25) is 0 Å². The Hall–Kier alpha value is -3.25. The fraction of sp³-hybridized carbons (Fsp3) is 0.111. The van der Waals surface area contributed by atoms with Gasteiger partial charge in [-0.1, -0.05) is 30.3 Å². The van der Waals surface area contributed by atoms with Gasteiger partial charge < -0.3 is 9.47 Å². The summed E-state index contributed by atoms with van der Waals surface area (Å²) in [6.45, 7) is 0.114. The number of hydrogen-bond donors (Lipinski definition) is 1. The maximum Gasteiger partial charge on any atom is 0.293 e. The van der Waals surface area contributed by atoms with Crippen LogP contribution in [-0.4, -0.2) is 30.4 Å². The topological polar surface area (TPSA) is 134 Å². The standard InChI is InChI=1S/C18H15BrN4O6S/c1-28-13-7-8-15(14(9-13)23(24)25)30(26,27)22-17-18(21-16(19)10-20-17)29-11-12-5-3-2-4-6-12/h2-10H,11H2,1H3,(H,20,22). The number of nitro groups is 1. The zero-order valence-corrected chi connectivity index (χ0v) is 17.9. The Morgan fingerprint density at radius 1 is 1.20 bits per heavy atom. The van der Waals surface area contributed by atoms with Crippen LogP contribution in [0.3, 0.4) is 0 Å². The van der Waals surface area contributed by atoms with E-state index in [2.05, 4.69) is 30.6 Å². The number of nitrogens with zero attached hydrogens (tertiary/aromatic N) is 3. The highest BCUT2D eigenvalue weighted by Crippen LogP contribution is 2.31. The SMILES string of the molecule is COc1ccc(S(=O)(=O)Nc2ncc(Br)nc2OCc2ccccc2)c([N+](=O)[O-])c1. The third-order valence-corrected chi connectivity index (χ3v) is 5.58. The molecule has 3 rings (SSSR count). The molecule has 0 spiro atoms. The Labute approximate surface area is 180 Å². The second-order valence-corrected chi connectivity index (χ2v) is 8.28. The predicted octanol–water partition coefficient (Wildman–Crippen LogP) is 3.54. The largest absolute Gasteiger partial charge is 0.497 e. The molecule has 0 aliphatic heterocycles. The molecule has 10 nitrogen and oxygen atoms in total. The van der Waals surface area contributed by atoms with E-state index in [0.29, 0.717) is 4.60 Å². The Morgan fingerprint density at radius 3 is 2.60 bits per heavy atom. The maximum absolute atomic E-state index is 12.8. The number of nitrogens with one attached hydrogen (secondary N) is 1. The van der Waals surface area contributed by atoms with Crippen molar-refractivity contribution in [2.75, 3.05) is 11.8 Å². The number of halogens is 1. The van der Waals surface area contributed by atoms with E-state index in [4.69, 9.17) is 9.47 Å². The Balaban J connectivity index is 1.93. The van der Waals surface area contributed by atoms with Crippen LogP contribution >= 0.6 is 15.9 Å². The summed E-state index contributed by atoms with van der Waals surface area (Å²) in [7, 11) is -3.06. The zero-order chi connectivity index (χ0) is 21.7. The summed E-state index contributed by atoms with van der Waals surface area (Å²) >= 11 is 3.16. The van der Waals surface area contributed by atoms with E-state index in [0.717, 1.165) is 17.7 Å². The summed E-state index contributed by atoms with van der Waals surface area (Å²) in [4.78, 5) is 18.1. The third kappa shape index (κ3) is 5.02. The van der Waals surface area contributed by atoms with E-state index in [1.54, 1.807) is 0 Å². The number of rotatable bonds is 8. The van der Waals surface area contributed by atoms with Gasteiger partial charge in [-0.3, -0.25) is 14.8 Å². The lowest BCUT2D eigenvalue weighted by Gasteiger charge is -2.12. The lowest BCUT2D eigenvalue weighted by Crippen LogP contribution is -2.17. The summed E-state index contributed by atoms with van der Waals surface area (Å²) in [5.41, 5.74) is 0.192. The van der Waals surface area contributed by atoms with Gasteiger partial charge >= 0.3 is 0 Å². The maximum atomic E-state index is 12.8. The second-order valence-electron chi connectivity index (χ2n) is 5.82. The van der Waals surface area contributed by atoms with Gasteiger partial charge in [-0.25, -0.2) is 18.4 Å². The first kappa shape index (κ1) is 21.5. The number of methoxy groups -OCH3 is 1. The summed E-state index contributed by atoms with van der Waals surface area (Å²) in [5, 5.41) is 11.4. The summed E-state index contributed by atoms with van der Waals surface area (Å²) in [6.07, 6.45) is 1.27. The molecule has 0 saturated carbocycles. The van der Waals surface area contributed by atoms with Crippen molar-refractivity contribution in [3.05, 3.63) is 75.0 Å². The van der Waals surface area contributed by atoms with E-state index in [1.165, 1.54) is 19.4 Å². The van der Waals surface area contributed by atoms with Crippen molar-refractivity contribution in [3.8, 4) is 11.6 Å². The molecule has 1 heterocycles. The lowest BCUT2D eigenvalue weighted by atomic mass is 10.2. The number of anilines is 1. The molecule has 1 aromatic heterocycles. The van der Waals surface area contributed by atoms with Gasteiger partial charge in [-0.05, 0) is 33.6 Å². The van der Waals surface area contributed by atoms with Crippen LogP contribution in [0.1, 0.15) is 5.56 Å². The van der Waals surface area contributed by atoms with Crippen LogP contribution in [0, 0.1) is 10.1 Å². The van der Waals surface area contributed by atoms with Gasteiger partial charge in [0.05, 0.1) is 24.3 Å². The van der Waals surface area contributed by atoms with Crippen molar-refractivity contribution < 1.29 is 22.8 Å². The van der Waals surface area contributed by atoms with Crippen LogP contribution < -0.4 is 14.2 Å². The van der Waals surface area contributed by atoms with Crippen LogP contribution in [0.5, 0.6) is 11.6 Å². The molecule has 0 fully saturated rings. The molecular weight excluding hydrogens is 480 g/mol. The smallest absolute Gasteiger partial charge is 0.293 e. The molecule has 0 radical (unpaired) electrons. The quantitative estimate of drug-likeness (QED) is 0.371. The molecule has 0 aliphatic carbocycles. The van der Waals surface area contributed by atoms with Crippen molar-refractivity contribution >= 4 is 37.5 Å². The highest BCUT2D eigenvalue weighted by Gasteiger charge is 2.28. The molecule has 0 atom stereocenters. The molecule has 2 aromatic carbocycles. The minimum absolute atomic E-state index is 0.0898. The number of aromatic nitrogens is 2. The number of hydrogen-bond acceptors (Lipinski definition) is 8. The van der Waals surface area contributed by atoms with Gasteiger partial charge in [0.25, 0.3) is 21.6 Å². The van der Waals surface area contributed by atoms with Crippen molar-refractivity contribution in [1.82, 2.24) is 9.97 Å². The van der Waals surface area contributed by atoms with E-state index in [-0.39, 0.29) is 24.1 Å². The summed E-state index contributed by atoms with van der Waals surface area (Å²) < 4.78 is 38.8. The second kappa shape index (κ2) is 9.05. The van der Waals surface area contributed by atoms with Gasteiger partial charge in [0.15, 0.2) is 4.90 Å². The van der Waals surface area contributed by atoms with Gasteiger partial charge in [-0.2, -0.15) is 0 Å². The molecule has 0 aliphatic rings. The average molecular weight is 495 g/mol. The third-order valence-electron chi connectivity index (χ3n) is 3.81. The molecule has 0 unspecified atom stereocenters. The van der Waals surface area contributed by atoms with Crippen molar-refractivity contribution in [1.29, 1.82) is 0 Å². The molecule has 1 N–H and O–H groups in total. The van der Waals surface area contributed by atoms with Crippen LogP contribution in [0.4, 0.5) is 11.5 Å². The van der Waals surface area contributed by atoms with E-state index in [1.807, 2.05) is 30.3 Å². The minimum atomic E-state index is -4.38. The summed E-state index contributed by atoms with van der Waals surface area (Å²) in [6, 6.07) is 12.6. The molecule has 0 amide bonds. The van der Waals surface area contributed by atoms with Crippen LogP contribution in [0.25, 0.3) is 0 Å². The number of ether oxygens (including phenoxy) is 2. The number of nitro benzene ring substituents is 1. The lowest BCUT2D eigenvalue weighted by molar-refractivity contribution is -0.387. The fourth-order valence-corrected chi connectivity index (χ4v) is 3.85. The Kier molecular flexibility index (Phi) is 6.47. The first-order valence-corrected chi connectivity index (χ1v) is 10.6. The molecule has 12 heteroatoms. The van der Waals surface area contributed by atoms with Gasteiger partial charge in [0.2, 0.25) is 5.82 Å². The first-order valence-electron chi connectivity index (χ1n) is 8.34. The Morgan fingerprint density at radius 2 is 1.93 bits per heavy atom. The number of benzene rings is 2. The normalized spacial score (nSPS) is 11.0. The van der Waals surface area contributed by atoms with Crippen LogP contribution in [-0.2, 0) is 16.6 Å². The first-order chi connectivity index (χ1) is 14.3. The average Bonchev–Trinajstić information content (AvgIpc) is 2.74. The van der Waals surface area contributed by atoms with Crippen LogP contribution in [0.15, 0.2) is 64.2 Å². The molecule has 3 aromatic rings. The molecule has 0 bridgehead atoms. The van der Waals surface area contributed by atoms with Crippen molar-refractivity contribution in [3.63, 3.8) is 0 Å². The highest BCUT2D eigenvalue weighted by atomic mass is 79.9.